The van der Waals surface area contributed by atoms with Crippen LogP contribution in [0, 0.1) is 19.8 Å². The number of likely N-dealkylation sites (tertiary alicyclic amines) is 1. The molecule has 5 nitrogen and oxygen atoms in total. The number of carbonyl (C=O) groups is 2. The number of aryl methyl sites for hydroxylation is 2. The molecule has 2 aromatic carbocycles. The zero-order valence-electron chi connectivity index (χ0n) is 19.1. The van der Waals surface area contributed by atoms with Crippen LogP contribution in [0.1, 0.15) is 36.5 Å². The molecular weight excluding hydrogens is 386 g/mol. The van der Waals surface area contributed by atoms with Crippen molar-refractivity contribution in [3.8, 4) is 0 Å². The van der Waals surface area contributed by atoms with Gasteiger partial charge in [-0.1, -0.05) is 25.1 Å². The van der Waals surface area contributed by atoms with Crippen LogP contribution < -0.4 is 9.80 Å². The highest BCUT2D eigenvalue weighted by molar-refractivity contribution is 6.45. The minimum absolute atomic E-state index is 0.218. The van der Waals surface area contributed by atoms with Gasteiger partial charge in [-0.25, -0.2) is 4.90 Å². The van der Waals surface area contributed by atoms with Crippen LogP contribution in [0.25, 0.3) is 5.57 Å². The monoisotopic (exact) mass is 417 g/mol. The van der Waals surface area contributed by atoms with E-state index in [-0.39, 0.29) is 11.8 Å². The van der Waals surface area contributed by atoms with E-state index < -0.39 is 0 Å². The summed E-state index contributed by atoms with van der Waals surface area (Å²) in [6, 6.07) is 13.6. The number of piperidine rings is 1. The number of amides is 2. The lowest BCUT2D eigenvalue weighted by molar-refractivity contribution is -0.120. The average molecular weight is 418 g/mol. The van der Waals surface area contributed by atoms with Crippen molar-refractivity contribution in [3.05, 3.63) is 64.9 Å². The van der Waals surface area contributed by atoms with Crippen LogP contribution in [-0.4, -0.2) is 43.9 Å². The first kappa shape index (κ1) is 21.2. The second kappa shape index (κ2) is 8.22. The largest absolute Gasteiger partial charge is 0.378 e. The summed E-state index contributed by atoms with van der Waals surface area (Å²) in [6.45, 7) is 7.92. The third-order valence-electron chi connectivity index (χ3n) is 6.45. The van der Waals surface area contributed by atoms with Gasteiger partial charge >= 0.3 is 0 Å². The van der Waals surface area contributed by atoms with Crippen LogP contribution >= 0.6 is 0 Å². The van der Waals surface area contributed by atoms with E-state index in [0.717, 1.165) is 42.7 Å². The normalized spacial score (nSPS) is 19.5. The average Bonchev–Trinajstić information content (AvgIpc) is 3.00. The van der Waals surface area contributed by atoms with Crippen molar-refractivity contribution >= 4 is 28.8 Å². The van der Waals surface area contributed by atoms with E-state index in [0.29, 0.717) is 22.9 Å². The summed E-state index contributed by atoms with van der Waals surface area (Å²) in [5.41, 5.74) is 5.82. The molecule has 1 fully saturated rings. The Balaban J connectivity index is 1.80. The molecule has 0 bridgehead atoms. The topological polar surface area (TPSA) is 43.9 Å². The molecule has 0 saturated carbocycles. The maximum atomic E-state index is 13.7. The van der Waals surface area contributed by atoms with Crippen molar-refractivity contribution in [3.63, 3.8) is 0 Å². The van der Waals surface area contributed by atoms with E-state index in [1.807, 2.05) is 68.4 Å². The minimum Gasteiger partial charge on any atom is -0.378 e. The van der Waals surface area contributed by atoms with Crippen molar-refractivity contribution < 1.29 is 9.59 Å². The summed E-state index contributed by atoms with van der Waals surface area (Å²) < 4.78 is 0. The molecule has 1 unspecified atom stereocenters. The van der Waals surface area contributed by atoms with Crippen LogP contribution in [0.15, 0.2) is 48.2 Å². The number of nitrogens with zero attached hydrogens (tertiary/aromatic N) is 3. The van der Waals surface area contributed by atoms with Gasteiger partial charge in [0, 0.05) is 32.9 Å². The number of carbonyl (C=O) groups excluding carboxylic acids is 2. The van der Waals surface area contributed by atoms with Crippen molar-refractivity contribution in [1.82, 2.24) is 4.90 Å². The Hall–Kier alpha value is -3.08. The first-order valence-electron chi connectivity index (χ1n) is 11.0. The molecule has 31 heavy (non-hydrogen) atoms. The second-order valence-electron chi connectivity index (χ2n) is 9.07. The predicted molar refractivity (Wildman–Crippen MR) is 126 cm³/mol. The standard InChI is InChI=1S/C26H31N3O2/c1-17-7-6-14-28(16-17)24-23(20-9-8-18(2)19(3)15-20)25(30)29(26(24)31)22-12-10-21(11-13-22)27(4)5/h8-13,15,17H,6-7,14,16H2,1-5H3. The highest BCUT2D eigenvalue weighted by atomic mass is 16.2. The van der Waals surface area contributed by atoms with Crippen molar-refractivity contribution in [2.75, 3.05) is 37.0 Å². The van der Waals surface area contributed by atoms with Gasteiger partial charge in [-0.15, -0.1) is 0 Å². The van der Waals surface area contributed by atoms with Gasteiger partial charge in [0.15, 0.2) is 0 Å². The van der Waals surface area contributed by atoms with Gasteiger partial charge < -0.3 is 9.80 Å². The maximum absolute atomic E-state index is 13.7. The number of hydrogen-bond acceptors (Lipinski definition) is 4. The Morgan fingerprint density at radius 2 is 1.65 bits per heavy atom. The molecule has 2 aromatic rings. The van der Waals surface area contributed by atoms with Gasteiger partial charge in [-0.3, -0.25) is 9.59 Å². The summed E-state index contributed by atoms with van der Waals surface area (Å²) in [6.07, 6.45) is 2.18. The molecular formula is C26H31N3O2. The minimum atomic E-state index is -0.237. The molecule has 2 amide bonds. The molecule has 1 atom stereocenters. The zero-order valence-corrected chi connectivity index (χ0v) is 19.1. The highest BCUT2D eigenvalue weighted by Crippen LogP contribution is 2.37. The van der Waals surface area contributed by atoms with E-state index >= 15 is 0 Å². The Morgan fingerprint density at radius 1 is 0.935 bits per heavy atom. The zero-order chi connectivity index (χ0) is 22.3. The summed E-state index contributed by atoms with van der Waals surface area (Å²) in [7, 11) is 3.94. The fourth-order valence-corrected chi connectivity index (χ4v) is 4.50. The smallest absolute Gasteiger partial charge is 0.282 e. The van der Waals surface area contributed by atoms with Crippen LogP contribution in [0.5, 0.6) is 0 Å². The van der Waals surface area contributed by atoms with Crippen molar-refractivity contribution in [2.45, 2.75) is 33.6 Å². The molecule has 0 radical (unpaired) electrons. The highest BCUT2D eigenvalue weighted by Gasteiger charge is 2.43. The molecule has 0 N–H and O–H groups in total. The van der Waals surface area contributed by atoms with E-state index in [1.165, 1.54) is 10.5 Å². The van der Waals surface area contributed by atoms with Gasteiger partial charge in [-0.2, -0.15) is 0 Å². The summed E-state index contributed by atoms with van der Waals surface area (Å²) in [4.78, 5) is 32.8. The number of imide groups is 1. The van der Waals surface area contributed by atoms with E-state index in [2.05, 4.69) is 18.7 Å². The molecule has 2 heterocycles. The molecule has 0 aliphatic carbocycles. The van der Waals surface area contributed by atoms with E-state index in [4.69, 9.17) is 0 Å². The number of benzene rings is 2. The number of hydrogen-bond donors (Lipinski definition) is 0. The first-order chi connectivity index (χ1) is 14.8. The molecule has 4 rings (SSSR count). The molecule has 2 aliphatic heterocycles. The molecule has 0 spiro atoms. The Bertz CT molecular complexity index is 1050. The van der Waals surface area contributed by atoms with Crippen LogP contribution in [0.3, 0.4) is 0 Å². The van der Waals surface area contributed by atoms with Crippen LogP contribution in [0.4, 0.5) is 11.4 Å². The summed E-state index contributed by atoms with van der Waals surface area (Å²) in [5, 5.41) is 0. The van der Waals surface area contributed by atoms with Gasteiger partial charge in [0.05, 0.1) is 11.3 Å². The molecule has 0 aromatic heterocycles. The Kier molecular flexibility index (Phi) is 5.61. The van der Waals surface area contributed by atoms with Gasteiger partial charge in [0.1, 0.15) is 5.70 Å². The molecule has 1 saturated heterocycles. The lowest BCUT2D eigenvalue weighted by Gasteiger charge is -2.33. The summed E-state index contributed by atoms with van der Waals surface area (Å²) in [5.74, 6) is 0.0441. The van der Waals surface area contributed by atoms with Gasteiger partial charge in [0.25, 0.3) is 11.8 Å². The van der Waals surface area contributed by atoms with E-state index in [9.17, 15) is 9.59 Å². The number of rotatable bonds is 4. The fourth-order valence-electron chi connectivity index (χ4n) is 4.50. The van der Waals surface area contributed by atoms with Crippen molar-refractivity contribution in [2.24, 2.45) is 5.92 Å². The Labute approximate surface area is 184 Å². The fraction of sp³-hybridized carbons (Fsp3) is 0.385. The van der Waals surface area contributed by atoms with Crippen molar-refractivity contribution in [1.29, 1.82) is 0 Å². The molecule has 2 aliphatic rings. The lowest BCUT2D eigenvalue weighted by Crippen LogP contribution is -2.39. The third kappa shape index (κ3) is 3.85. The summed E-state index contributed by atoms with van der Waals surface area (Å²) >= 11 is 0. The number of anilines is 2. The van der Waals surface area contributed by atoms with Crippen LogP contribution in [0.2, 0.25) is 0 Å². The van der Waals surface area contributed by atoms with E-state index in [1.54, 1.807) is 0 Å². The lowest BCUT2D eigenvalue weighted by atomic mass is 9.96. The van der Waals surface area contributed by atoms with Gasteiger partial charge in [-0.05, 0) is 73.6 Å². The third-order valence-corrected chi connectivity index (χ3v) is 6.45. The molecule has 162 valence electrons. The van der Waals surface area contributed by atoms with Gasteiger partial charge in [0.2, 0.25) is 0 Å². The predicted octanol–water partition coefficient (Wildman–Crippen LogP) is 4.39. The SMILES string of the molecule is Cc1ccc(C2=C(N3CCCC(C)C3)C(=O)N(c3ccc(N(C)C)cc3)C2=O)cc1C. The Morgan fingerprint density at radius 3 is 2.26 bits per heavy atom. The first-order valence-corrected chi connectivity index (χ1v) is 11.0. The van der Waals surface area contributed by atoms with Crippen LogP contribution in [-0.2, 0) is 9.59 Å². The maximum Gasteiger partial charge on any atom is 0.282 e. The quantitative estimate of drug-likeness (QED) is 0.693. The molecule has 5 heteroatoms. The second-order valence-corrected chi connectivity index (χ2v) is 9.07.